The lowest BCUT2D eigenvalue weighted by Crippen LogP contribution is -2.01. The second kappa shape index (κ2) is 8.43. The number of fused-ring (bicyclic) bond motifs is 1. The minimum atomic E-state index is -0.733. The molecule has 0 amide bonds. The maximum absolute atomic E-state index is 10.8. The van der Waals surface area contributed by atoms with Crippen LogP contribution in [-0.2, 0) is 25.0 Å². The molecule has 148 valence electrons. The zero-order chi connectivity index (χ0) is 20.2. The number of methoxy groups -OCH3 is 1. The molecule has 29 heavy (non-hydrogen) atoms. The molecule has 0 aliphatic rings. The van der Waals surface area contributed by atoms with Crippen LogP contribution in [-0.4, -0.2) is 27.2 Å². The second-order valence-corrected chi connectivity index (χ2v) is 6.95. The van der Waals surface area contributed by atoms with Gasteiger partial charge in [0.1, 0.15) is 17.4 Å². The Morgan fingerprint density at radius 2 is 1.69 bits per heavy atom. The number of ether oxygens (including phenoxy) is 2. The van der Waals surface area contributed by atoms with Crippen molar-refractivity contribution in [3.63, 3.8) is 0 Å². The summed E-state index contributed by atoms with van der Waals surface area (Å²) in [5.74, 6) is 0.829. The van der Waals surface area contributed by atoms with E-state index in [9.17, 15) is 5.11 Å². The van der Waals surface area contributed by atoms with Crippen molar-refractivity contribution < 1.29 is 14.6 Å². The van der Waals surface area contributed by atoms with Crippen LogP contribution in [0.2, 0.25) is 0 Å². The van der Waals surface area contributed by atoms with Gasteiger partial charge in [-0.05, 0) is 46.5 Å². The van der Waals surface area contributed by atoms with Gasteiger partial charge in [0.2, 0.25) is 0 Å². The molecule has 0 saturated carbocycles. The molecule has 0 aliphatic carbocycles. The molecule has 1 aromatic heterocycles. The molecule has 0 spiro atoms. The Bertz CT molecular complexity index is 1110. The van der Waals surface area contributed by atoms with Crippen molar-refractivity contribution in [2.45, 2.75) is 19.3 Å². The molecule has 1 unspecified atom stereocenters. The number of hydrogen-bond donors (Lipinski definition) is 1. The van der Waals surface area contributed by atoms with Crippen LogP contribution < -0.4 is 4.74 Å². The van der Waals surface area contributed by atoms with Crippen LogP contribution in [0, 0.1) is 0 Å². The fraction of sp³-hybridized carbons (Fsp3) is 0.217. The average Bonchev–Trinajstić information content (AvgIpc) is 3.14. The lowest BCUT2D eigenvalue weighted by molar-refractivity contribution is 0.107. The standard InChI is InChI=1S/C23H23N3O3/c1-26-22-11-8-19(13-21(22)24-25-26)23(27)18-5-3-4-17(12-18)15-29-14-16-6-9-20(28-2)10-7-16/h3-13,23,27H,14-15H2,1-2H3. The first-order valence-electron chi connectivity index (χ1n) is 9.41. The van der Waals surface area contributed by atoms with Crippen LogP contribution in [0.5, 0.6) is 5.75 Å². The monoisotopic (exact) mass is 389 g/mol. The number of aliphatic hydroxyl groups is 1. The van der Waals surface area contributed by atoms with Gasteiger partial charge in [0.15, 0.2) is 0 Å². The summed E-state index contributed by atoms with van der Waals surface area (Å²) in [7, 11) is 3.50. The molecule has 1 heterocycles. The van der Waals surface area contributed by atoms with E-state index in [-0.39, 0.29) is 0 Å². The number of aromatic nitrogens is 3. The Kier molecular flexibility index (Phi) is 5.55. The van der Waals surface area contributed by atoms with E-state index in [2.05, 4.69) is 10.3 Å². The van der Waals surface area contributed by atoms with Crippen molar-refractivity contribution in [2.75, 3.05) is 7.11 Å². The predicted molar refractivity (Wildman–Crippen MR) is 110 cm³/mol. The highest BCUT2D eigenvalue weighted by Gasteiger charge is 2.13. The van der Waals surface area contributed by atoms with Crippen molar-refractivity contribution in [2.24, 2.45) is 7.05 Å². The van der Waals surface area contributed by atoms with E-state index in [1.54, 1.807) is 11.8 Å². The second-order valence-electron chi connectivity index (χ2n) is 6.95. The summed E-state index contributed by atoms with van der Waals surface area (Å²) in [4.78, 5) is 0. The highest BCUT2D eigenvalue weighted by atomic mass is 16.5. The molecule has 0 aliphatic heterocycles. The zero-order valence-electron chi connectivity index (χ0n) is 16.4. The largest absolute Gasteiger partial charge is 0.497 e. The predicted octanol–water partition coefficient (Wildman–Crippen LogP) is 3.78. The van der Waals surface area contributed by atoms with E-state index < -0.39 is 6.10 Å². The third-order valence-electron chi connectivity index (χ3n) is 4.91. The number of aryl methyl sites for hydroxylation is 1. The zero-order valence-corrected chi connectivity index (χ0v) is 16.4. The molecule has 0 radical (unpaired) electrons. The Balaban J connectivity index is 1.42. The Hall–Kier alpha value is -3.22. The molecule has 1 N–H and O–H groups in total. The van der Waals surface area contributed by atoms with E-state index in [1.165, 1.54) is 0 Å². The number of aliphatic hydroxyl groups excluding tert-OH is 1. The molecule has 3 aromatic carbocycles. The van der Waals surface area contributed by atoms with Gasteiger partial charge in [0.25, 0.3) is 0 Å². The molecule has 6 heteroatoms. The summed E-state index contributed by atoms with van der Waals surface area (Å²) >= 11 is 0. The maximum atomic E-state index is 10.8. The van der Waals surface area contributed by atoms with E-state index in [0.29, 0.717) is 13.2 Å². The molecule has 6 nitrogen and oxygen atoms in total. The number of rotatable bonds is 7. The van der Waals surface area contributed by atoms with Crippen molar-refractivity contribution in [1.82, 2.24) is 15.0 Å². The summed E-state index contributed by atoms with van der Waals surface area (Å²) in [5, 5.41) is 19.0. The molecule has 4 rings (SSSR count). The minimum absolute atomic E-state index is 0.468. The van der Waals surface area contributed by atoms with Crippen LogP contribution in [0.25, 0.3) is 11.0 Å². The normalized spacial score (nSPS) is 12.2. The molecule has 0 saturated heterocycles. The van der Waals surface area contributed by atoms with Crippen LogP contribution in [0.3, 0.4) is 0 Å². The van der Waals surface area contributed by atoms with E-state index in [0.717, 1.165) is 39.0 Å². The summed E-state index contributed by atoms with van der Waals surface area (Å²) in [6.45, 7) is 0.982. The fourth-order valence-electron chi connectivity index (χ4n) is 3.28. The van der Waals surface area contributed by atoms with Gasteiger partial charge in [0.05, 0.1) is 25.8 Å². The number of benzene rings is 3. The summed E-state index contributed by atoms with van der Waals surface area (Å²) < 4.78 is 12.7. The van der Waals surface area contributed by atoms with Gasteiger partial charge >= 0.3 is 0 Å². The lowest BCUT2D eigenvalue weighted by Gasteiger charge is -2.13. The number of nitrogens with zero attached hydrogens (tertiary/aromatic N) is 3. The van der Waals surface area contributed by atoms with Crippen LogP contribution in [0.1, 0.15) is 28.4 Å². The Morgan fingerprint density at radius 3 is 2.48 bits per heavy atom. The van der Waals surface area contributed by atoms with Crippen LogP contribution >= 0.6 is 0 Å². The first-order valence-corrected chi connectivity index (χ1v) is 9.41. The van der Waals surface area contributed by atoms with Gasteiger partial charge in [0, 0.05) is 7.05 Å². The summed E-state index contributed by atoms with van der Waals surface area (Å²) in [5.41, 5.74) is 5.40. The van der Waals surface area contributed by atoms with Gasteiger partial charge in [-0.1, -0.05) is 47.7 Å². The van der Waals surface area contributed by atoms with E-state index in [4.69, 9.17) is 9.47 Å². The maximum Gasteiger partial charge on any atom is 0.118 e. The van der Waals surface area contributed by atoms with E-state index >= 15 is 0 Å². The first-order chi connectivity index (χ1) is 14.1. The highest BCUT2D eigenvalue weighted by Crippen LogP contribution is 2.25. The van der Waals surface area contributed by atoms with Gasteiger partial charge < -0.3 is 14.6 Å². The van der Waals surface area contributed by atoms with Crippen molar-refractivity contribution in [3.05, 3.63) is 89.0 Å². The summed E-state index contributed by atoms with van der Waals surface area (Å²) in [6.07, 6.45) is -0.733. The van der Waals surface area contributed by atoms with Crippen molar-refractivity contribution in [3.8, 4) is 5.75 Å². The summed E-state index contributed by atoms with van der Waals surface area (Å²) in [6, 6.07) is 21.3. The Morgan fingerprint density at radius 1 is 0.931 bits per heavy atom. The lowest BCUT2D eigenvalue weighted by atomic mass is 9.99. The average molecular weight is 389 g/mol. The van der Waals surface area contributed by atoms with E-state index in [1.807, 2.05) is 73.8 Å². The molecule has 1 atom stereocenters. The van der Waals surface area contributed by atoms with Gasteiger partial charge in [-0.3, -0.25) is 0 Å². The third-order valence-corrected chi connectivity index (χ3v) is 4.91. The van der Waals surface area contributed by atoms with Crippen LogP contribution in [0.15, 0.2) is 66.7 Å². The smallest absolute Gasteiger partial charge is 0.118 e. The van der Waals surface area contributed by atoms with Crippen LogP contribution in [0.4, 0.5) is 0 Å². The molecule has 0 fully saturated rings. The van der Waals surface area contributed by atoms with Gasteiger partial charge in [-0.2, -0.15) is 0 Å². The highest BCUT2D eigenvalue weighted by molar-refractivity contribution is 5.75. The first kappa shape index (κ1) is 19.1. The quantitative estimate of drug-likeness (QED) is 0.521. The molecular formula is C23H23N3O3. The molecule has 4 aromatic rings. The SMILES string of the molecule is COc1ccc(COCc2cccc(C(O)c3ccc4c(c3)nnn4C)c2)cc1. The van der Waals surface area contributed by atoms with Gasteiger partial charge in [-0.25, -0.2) is 4.68 Å². The fourth-order valence-corrected chi connectivity index (χ4v) is 3.28. The van der Waals surface area contributed by atoms with Crippen molar-refractivity contribution in [1.29, 1.82) is 0 Å². The topological polar surface area (TPSA) is 69.4 Å². The Labute approximate surface area is 169 Å². The third kappa shape index (κ3) is 4.29. The molecule has 0 bridgehead atoms. The van der Waals surface area contributed by atoms with Crippen molar-refractivity contribution >= 4 is 11.0 Å². The molecular weight excluding hydrogens is 366 g/mol. The minimum Gasteiger partial charge on any atom is -0.497 e. The van der Waals surface area contributed by atoms with Gasteiger partial charge in [-0.15, -0.1) is 5.10 Å². The number of hydrogen-bond acceptors (Lipinski definition) is 5.